The fourth-order valence-corrected chi connectivity index (χ4v) is 0.977. The van der Waals surface area contributed by atoms with Crippen LogP contribution in [0.25, 0.3) is 0 Å². The van der Waals surface area contributed by atoms with Gasteiger partial charge in [-0.1, -0.05) is 0 Å². The van der Waals surface area contributed by atoms with E-state index in [1.54, 1.807) is 0 Å². The summed E-state index contributed by atoms with van der Waals surface area (Å²) >= 11 is 0. The van der Waals surface area contributed by atoms with Crippen molar-refractivity contribution < 1.29 is 18.0 Å². The van der Waals surface area contributed by atoms with Crippen LogP contribution in [0, 0.1) is 5.92 Å². The van der Waals surface area contributed by atoms with E-state index in [1.165, 1.54) is 6.92 Å². The Bertz CT molecular complexity index is 177. The molecule has 0 aliphatic heterocycles. The Kier molecular flexibility index (Phi) is 1.82. The summed E-state index contributed by atoms with van der Waals surface area (Å²) in [6, 6.07) is -0.674. The van der Waals surface area contributed by atoms with Crippen molar-refractivity contribution in [1.82, 2.24) is 5.32 Å². The van der Waals surface area contributed by atoms with Crippen LogP contribution in [0.3, 0.4) is 0 Å². The summed E-state index contributed by atoms with van der Waals surface area (Å²) < 4.78 is 35.4. The van der Waals surface area contributed by atoms with E-state index in [4.69, 9.17) is 0 Å². The second-order valence-corrected chi connectivity index (χ2v) is 2.69. The topological polar surface area (TPSA) is 29.1 Å². The first-order valence-electron chi connectivity index (χ1n) is 3.25. The molecule has 11 heavy (non-hydrogen) atoms. The molecule has 64 valence electrons. The highest BCUT2D eigenvalue weighted by Gasteiger charge is 2.56. The molecule has 2 atom stereocenters. The van der Waals surface area contributed by atoms with Gasteiger partial charge in [-0.3, -0.25) is 4.79 Å². The molecule has 1 N–H and O–H groups in total. The van der Waals surface area contributed by atoms with Crippen LogP contribution in [0.2, 0.25) is 0 Å². The van der Waals surface area contributed by atoms with E-state index in [1.807, 2.05) is 0 Å². The van der Waals surface area contributed by atoms with Gasteiger partial charge in [-0.05, 0) is 6.42 Å². The minimum Gasteiger partial charge on any atom is -0.353 e. The van der Waals surface area contributed by atoms with Crippen LogP contribution in [-0.4, -0.2) is 18.1 Å². The third-order valence-corrected chi connectivity index (χ3v) is 1.60. The predicted octanol–water partition coefficient (Wildman–Crippen LogP) is 1.07. The predicted molar refractivity (Wildman–Crippen MR) is 31.8 cm³/mol. The number of nitrogens with one attached hydrogen (secondary N) is 1. The number of amides is 1. The Morgan fingerprint density at radius 3 is 2.36 bits per heavy atom. The lowest BCUT2D eigenvalue weighted by Gasteiger charge is -2.04. The highest BCUT2D eigenvalue weighted by atomic mass is 19.4. The van der Waals surface area contributed by atoms with Crippen molar-refractivity contribution in [3.63, 3.8) is 0 Å². The van der Waals surface area contributed by atoms with Crippen LogP contribution in [0.15, 0.2) is 0 Å². The molecule has 1 rings (SSSR count). The minimum absolute atomic E-state index is 0.0308. The first-order chi connectivity index (χ1) is 4.91. The maximum absolute atomic E-state index is 11.8. The molecular formula is C6H8F3NO. The van der Waals surface area contributed by atoms with Crippen molar-refractivity contribution in [2.45, 2.75) is 25.6 Å². The Balaban J connectivity index is 2.32. The van der Waals surface area contributed by atoms with Crippen molar-refractivity contribution >= 4 is 5.91 Å². The SMILES string of the molecule is CC(=O)N[C@H]1C[C@@H]1C(F)(F)F. The van der Waals surface area contributed by atoms with Crippen molar-refractivity contribution in [3.8, 4) is 0 Å². The number of hydrogen-bond acceptors (Lipinski definition) is 1. The standard InChI is InChI=1S/C6H8F3NO/c1-3(11)10-5-2-4(5)6(7,8)9/h4-5H,2H2,1H3,(H,10,11)/t4-,5-/m0/s1. The third-order valence-electron chi connectivity index (χ3n) is 1.60. The molecule has 5 heteroatoms. The van der Waals surface area contributed by atoms with Crippen molar-refractivity contribution in [2.75, 3.05) is 0 Å². The molecule has 0 bridgehead atoms. The molecular weight excluding hydrogens is 159 g/mol. The average Bonchev–Trinajstić information content (AvgIpc) is 2.40. The van der Waals surface area contributed by atoms with E-state index < -0.39 is 24.0 Å². The highest BCUT2D eigenvalue weighted by molar-refractivity contribution is 5.73. The van der Waals surface area contributed by atoms with Crippen molar-refractivity contribution in [3.05, 3.63) is 0 Å². The van der Waals surface area contributed by atoms with Crippen LogP contribution >= 0.6 is 0 Å². The van der Waals surface area contributed by atoms with Gasteiger partial charge in [-0.15, -0.1) is 0 Å². The van der Waals surface area contributed by atoms with Gasteiger partial charge in [-0.2, -0.15) is 13.2 Å². The largest absolute Gasteiger partial charge is 0.393 e. The number of rotatable bonds is 1. The van der Waals surface area contributed by atoms with Gasteiger partial charge in [0.05, 0.1) is 5.92 Å². The fourth-order valence-electron chi connectivity index (χ4n) is 0.977. The zero-order valence-electron chi connectivity index (χ0n) is 5.90. The van der Waals surface area contributed by atoms with E-state index >= 15 is 0 Å². The van der Waals surface area contributed by atoms with Crippen LogP contribution < -0.4 is 5.32 Å². The lowest BCUT2D eigenvalue weighted by atomic mass is 10.4. The molecule has 0 aromatic rings. The number of carbonyl (C=O) groups is 1. The zero-order chi connectivity index (χ0) is 8.65. The summed E-state index contributed by atoms with van der Waals surface area (Å²) in [6.45, 7) is 1.21. The molecule has 0 saturated heterocycles. The molecule has 2 nitrogen and oxygen atoms in total. The quantitative estimate of drug-likeness (QED) is 0.621. The minimum atomic E-state index is -4.15. The van der Waals surface area contributed by atoms with Gasteiger partial charge in [0.25, 0.3) is 0 Å². The van der Waals surface area contributed by atoms with E-state index in [2.05, 4.69) is 5.32 Å². The van der Waals surface area contributed by atoms with E-state index in [9.17, 15) is 18.0 Å². The Morgan fingerprint density at radius 1 is 1.55 bits per heavy atom. The van der Waals surface area contributed by atoms with Gasteiger partial charge in [-0.25, -0.2) is 0 Å². The van der Waals surface area contributed by atoms with Gasteiger partial charge in [0.2, 0.25) is 5.91 Å². The second kappa shape index (κ2) is 2.39. The smallest absolute Gasteiger partial charge is 0.353 e. The van der Waals surface area contributed by atoms with Crippen LogP contribution in [-0.2, 0) is 4.79 Å². The van der Waals surface area contributed by atoms with Crippen molar-refractivity contribution in [2.24, 2.45) is 5.92 Å². The maximum atomic E-state index is 11.8. The van der Waals surface area contributed by atoms with Crippen LogP contribution in [0.1, 0.15) is 13.3 Å². The van der Waals surface area contributed by atoms with Gasteiger partial charge in [0.1, 0.15) is 0 Å². The summed E-state index contributed by atoms with van der Waals surface area (Å²) in [6.07, 6.45) is -4.11. The normalized spacial score (nSPS) is 29.8. The molecule has 1 amide bonds. The summed E-state index contributed by atoms with van der Waals surface area (Å²) in [5.74, 6) is -1.71. The van der Waals surface area contributed by atoms with Gasteiger partial charge >= 0.3 is 6.18 Å². The Morgan fingerprint density at radius 2 is 2.09 bits per heavy atom. The third kappa shape index (κ3) is 2.10. The highest BCUT2D eigenvalue weighted by Crippen LogP contribution is 2.44. The molecule has 0 aromatic carbocycles. The first-order valence-corrected chi connectivity index (χ1v) is 3.25. The Labute approximate surface area is 61.8 Å². The molecule has 0 radical (unpaired) electrons. The van der Waals surface area contributed by atoms with E-state index in [0.29, 0.717) is 0 Å². The first kappa shape index (κ1) is 8.36. The van der Waals surface area contributed by atoms with Crippen LogP contribution in [0.4, 0.5) is 13.2 Å². The lowest BCUT2D eigenvalue weighted by Crippen LogP contribution is -2.27. The van der Waals surface area contributed by atoms with Crippen molar-refractivity contribution in [1.29, 1.82) is 0 Å². The number of carbonyl (C=O) groups excluding carboxylic acids is 1. The molecule has 0 spiro atoms. The van der Waals surface area contributed by atoms with Gasteiger partial charge in [0.15, 0.2) is 0 Å². The van der Waals surface area contributed by atoms with E-state index in [0.717, 1.165) is 0 Å². The molecule has 0 unspecified atom stereocenters. The number of halogens is 3. The maximum Gasteiger partial charge on any atom is 0.393 e. The van der Waals surface area contributed by atoms with E-state index in [-0.39, 0.29) is 6.42 Å². The molecule has 0 aromatic heterocycles. The molecule has 0 heterocycles. The molecule has 1 fully saturated rings. The number of hydrogen-bond donors (Lipinski definition) is 1. The molecule has 1 aliphatic rings. The fraction of sp³-hybridized carbons (Fsp3) is 0.833. The monoisotopic (exact) mass is 167 g/mol. The Hall–Kier alpha value is -0.740. The molecule has 1 saturated carbocycles. The van der Waals surface area contributed by atoms with Crippen LogP contribution in [0.5, 0.6) is 0 Å². The number of alkyl halides is 3. The summed E-state index contributed by atoms with van der Waals surface area (Å²) in [4.78, 5) is 10.3. The summed E-state index contributed by atoms with van der Waals surface area (Å²) in [5.41, 5.74) is 0. The van der Waals surface area contributed by atoms with Gasteiger partial charge < -0.3 is 5.32 Å². The lowest BCUT2D eigenvalue weighted by molar-refractivity contribution is -0.149. The summed E-state index contributed by atoms with van der Waals surface area (Å²) in [7, 11) is 0. The zero-order valence-corrected chi connectivity index (χ0v) is 5.90. The summed E-state index contributed by atoms with van der Waals surface area (Å²) in [5, 5.41) is 2.21. The van der Waals surface area contributed by atoms with Gasteiger partial charge in [0, 0.05) is 13.0 Å². The molecule has 1 aliphatic carbocycles. The second-order valence-electron chi connectivity index (χ2n) is 2.69. The average molecular weight is 167 g/mol.